The summed E-state index contributed by atoms with van der Waals surface area (Å²) in [4.78, 5) is 11.4. The summed E-state index contributed by atoms with van der Waals surface area (Å²) < 4.78 is 0. The van der Waals surface area contributed by atoms with E-state index in [1.165, 1.54) is 11.8 Å². The average Bonchev–Trinajstić information content (AvgIpc) is 2.88. The summed E-state index contributed by atoms with van der Waals surface area (Å²) in [6, 6.07) is 19.8. The Hall–Kier alpha value is -2.11. The van der Waals surface area contributed by atoms with Gasteiger partial charge in [-0.25, -0.2) is 4.99 Å². The van der Waals surface area contributed by atoms with Gasteiger partial charge in [-0.3, -0.25) is 4.99 Å². The first-order valence-electron chi connectivity index (χ1n) is 8.67. The Balaban J connectivity index is 2.13. The third-order valence-electron chi connectivity index (χ3n) is 4.12. The summed E-state index contributed by atoms with van der Waals surface area (Å²) in [6.45, 7) is 6.59. The number of nitrogens with zero attached hydrogens (tertiary/aromatic N) is 3. The first-order chi connectivity index (χ1) is 12.3. The minimum absolute atomic E-state index is 0.339. The fraction of sp³-hybridized carbons (Fsp3) is 0.333. The van der Waals surface area contributed by atoms with Gasteiger partial charge >= 0.3 is 0 Å². The summed E-state index contributed by atoms with van der Waals surface area (Å²) in [5.41, 5.74) is 0.156. The van der Waals surface area contributed by atoms with Crippen LogP contribution in [0.25, 0.3) is 0 Å². The van der Waals surface area contributed by atoms with Gasteiger partial charge in [0.2, 0.25) is 5.72 Å². The first kappa shape index (κ1) is 18.7. The number of aliphatic imine (C=N–C) groups is 2. The lowest BCUT2D eigenvalue weighted by molar-refractivity contribution is -0.00779. The third-order valence-corrected chi connectivity index (χ3v) is 4.80. The second kappa shape index (κ2) is 7.25. The largest absolute Gasteiger partial charge is 0.361 e. The van der Waals surface area contributed by atoms with Crippen LogP contribution in [0.2, 0.25) is 0 Å². The van der Waals surface area contributed by atoms with E-state index < -0.39 is 5.72 Å². The van der Waals surface area contributed by atoms with Crippen molar-refractivity contribution in [3.8, 4) is 0 Å². The molecule has 0 bridgehead atoms. The second-order valence-corrected chi connectivity index (χ2v) is 8.09. The van der Waals surface area contributed by atoms with Crippen LogP contribution in [0, 0.1) is 0 Å². The van der Waals surface area contributed by atoms with Gasteiger partial charge in [-0.05, 0) is 32.6 Å². The van der Waals surface area contributed by atoms with Gasteiger partial charge in [0.15, 0.2) is 11.0 Å². The third kappa shape index (κ3) is 3.69. The summed E-state index contributed by atoms with van der Waals surface area (Å²) in [7, 11) is 0. The van der Waals surface area contributed by atoms with Crippen LogP contribution in [0.3, 0.4) is 0 Å². The molecule has 0 radical (unpaired) electrons. The normalized spacial score (nSPS) is 22.0. The Morgan fingerprint density at radius 3 is 2.15 bits per heavy atom. The fourth-order valence-electron chi connectivity index (χ4n) is 2.97. The molecule has 0 fully saturated rings. The molecule has 1 aliphatic rings. The Morgan fingerprint density at radius 2 is 1.62 bits per heavy atom. The van der Waals surface area contributed by atoms with Crippen molar-refractivity contribution >= 4 is 22.8 Å². The lowest BCUT2D eigenvalue weighted by atomic mass is 9.99. The van der Waals surface area contributed by atoms with E-state index in [0.29, 0.717) is 12.4 Å². The molecule has 0 saturated carbocycles. The van der Waals surface area contributed by atoms with Crippen LogP contribution in [0.15, 0.2) is 70.6 Å². The zero-order chi connectivity index (χ0) is 18.8. The number of benzene rings is 2. The molecule has 0 amide bonds. The predicted octanol–water partition coefficient (Wildman–Crippen LogP) is 4.26. The second-order valence-electron chi connectivity index (χ2n) is 7.31. The molecule has 5 heteroatoms. The Labute approximate surface area is 159 Å². The van der Waals surface area contributed by atoms with E-state index in [4.69, 9.17) is 9.98 Å². The average molecular weight is 368 g/mol. The van der Waals surface area contributed by atoms with Crippen LogP contribution in [-0.4, -0.2) is 32.8 Å². The van der Waals surface area contributed by atoms with E-state index in [-0.39, 0.29) is 5.54 Å². The van der Waals surface area contributed by atoms with Crippen LogP contribution in [0.1, 0.15) is 31.9 Å². The molecule has 2 aromatic rings. The minimum atomic E-state index is -1.39. The Bertz CT molecular complexity index is 812. The van der Waals surface area contributed by atoms with Gasteiger partial charge in [0, 0.05) is 12.1 Å². The van der Waals surface area contributed by atoms with E-state index >= 15 is 0 Å². The van der Waals surface area contributed by atoms with Gasteiger partial charge in [-0.1, -0.05) is 72.4 Å². The highest BCUT2D eigenvalue weighted by Gasteiger charge is 2.49. The Morgan fingerprint density at radius 1 is 1.04 bits per heavy atom. The molecule has 1 atom stereocenters. The van der Waals surface area contributed by atoms with Gasteiger partial charge in [-0.2, -0.15) is 0 Å². The maximum atomic E-state index is 11.9. The molecule has 2 aromatic carbocycles. The van der Waals surface area contributed by atoms with Crippen molar-refractivity contribution in [2.75, 3.05) is 6.26 Å². The van der Waals surface area contributed by atoms with Gasteiger partial charge in [0.25, 0.3) is 0 Å². The number of rotatable bonds is 3. The van der Waals surface area contributed by atoms with Crippen LogP contribution in [-0.2, 0) is 12.3 Å². The predicted molar refractivity (Wildman–Crippen MR) is 110 cm³/mol. The maximum absolute atomic E-state index is 11.9. The molecule has 1 N–H and O–H groups in total. The molecule has 1 aliphatic heterocycles. The van der Waals surface area contributed by atoms with E-state index in [0.717, 1.165) is 16.3 Å². The fourth-order valence-corrected chi connectivity index (χ4v) is 3.56. The van der Waals surface area contributed by atoms with E-state index in [1.807, 2.05) is 80.5 Å². The molecular formula is C21H25N3OS. The number of hydrogen-bond donors (Lipinski definition) is 1. The van der Waals surface area contributed by atoms with Gasteiger partial charge in [0.1, 0.15) is 0 Å². The highest BCUT2D eigenvalue weighted by molar-refractivity contribution is 8.13. The summed E-state index contributed by atoms with van der Waals surface area (Å²) >= 11 is 1.52. The smallest absolute Gasteiger partial charge is 0.228 e. The quantitative estimate of drug-likeness (QED) is 0.882. The van der Waals surface area contributed by atoms with Crippen molar-refractivity contribution in [1.29, 1.82) is 0 Å². The summed E-state index contributed by atoms with van der Waals surface area (Å²) in [5, 5.41) is 12.6. The Kier molecular flexibility index (Phi) is 5.21. The van der Waals surface area contributed by atoms with Crippen LogP contribution >= 0.6 is 11.8 Å². The van der Waals surface area contributed by atoms with Gasteiger partial charge in [-0.15, -0.1) is 0 Å². The molecule has 3 rings (SSSR count). The molecule has 136 valence electrons. The number of hydrogen-bond acceptors (Lipinski definition) is 4. The maximum Gasteiger partial charge on any atom is 0.228 e. The van der Waals surface area contributed by atoms with Gasteiger partial charge < -0.3 is 10.0 Å². The molecular weight excluding hydrogens is 342 g/mol. The van der Waals surface area contributed by atoms with Crippen molar-refractivity contribution in [2.45, 2.75) is 38.6 Å². The highest BCUT2D eigenvalue weighted by Crippen LogP contribution is 2.38. The topological polar surface area (TPSA) is 48.2 Å². The van der Waals surface area contributed by atoms with Crippen LogP contribution < -0.4 is 0 Å². The molecule has 0 aliphatic carbocycles. The van der Waals surface area contributed by atoms with Crippen molar-refractivity contribution in [3.05, 3.63) is 71.8 Å². The molecule has 0 aromatic heterocycles. The SMILES string of the molecule is CSC1=NC(=NC(C)(C)C)C(O)(c2ccccc2)N1Cc1ccccc1. The standard InChI is InChI=1S/C21H25N3OS/c1-20(2,3)23-18-21(25,17-13-9-6-10-14-17)24(19(22-18)26-4)15-16-11-7-5-8-12-16/h5-14,25H,15H2,1-4H3. The molecule has 26 heavy (non-hydrogen) atoms. The molecule has 0 spiro atoms. The van der Waals surface area contributed by atoms with Crippen molar-refractivity contribution in [1.82, 2.24) is 4.90 Å². The first-order valence-corrected chi connectivity index (χ1v) is 9.89. The minimum Gasteiger partial charge on any atom is -0.361 e. The molecule has 1 unspecified atom stereocenters. The monoisotopic (exact) mass is 367 g/mol. The van der Waals surface area contributed by atoms with Gasteiger partial charge in [0.05, 0.1) is 5.54 Å². The zero-order valence-electron chi connectivity index (χ0n) is 15.7. The summed E-state index contributed by atoms with van der Waals surface area (Å²) in [5.74, 6) is 0.441. The summed E-state index contributed by atoms with van der Waals surface area (Å²) in [6.07, 6.45) is 1.97. The lowest BCUT2D eigenvalue weighted by Crippen LogP contribution is -2.48. The van der Waals surface area contributed by atoms with Crippen molar-refractivity contribution < 1.29 is 5.11 Å². The zero-order valence-corrected chi connectivity index (χ0v) is 16.5. The molecule has 0 saturated heterocycles. The van der Waals surface area contributed by atoms with E-state index in [9.17, 15) is 5.11 Å². The van der Waals surface area contributed by atoms with Crippen molar-refractivity contribution in [3.63, 3.8) is 0 Å². The van der Waals surface area contributed by atoms with Crippen LogP contribution in [0.5, 0.6) is 0 Å². The van der Waals surface area contributed by atoms with E-state index in [1.54, 1.807) is 0 Å². The van der Waals surface area contributed by atoms with Crippen molar-refractivity contribution in [2.24, 2.45) is 9.98 Å². The molecule has 1 heterocycles. The van der Waals surface area contributed by atoms with E-state index in [2.05, 4.69) is 12.1 Å². The lowest BCUT2D eigenvalue weighted by Gasteiger charge is -2.36. The number of aliphatic hydroxyl groups is 1. The number of thioether (sulfide) groups is 1. The van der Waals surface area contributed by atoms with Crippen LogP contribution in [0.4, 0.5) is 0 Å². The highest BCUT2D eigenvalue weighted by atomic mass is 32.2. The number of amidine groups is 2. The molecule has 4 nitrogen and oxygen atoms in total.